The number of anilines is 1. The number of fused-ring (bicyclic) bond motifs is 1. The van der Waals surface area contributed by atoms with Gasteiger partial charge in [-0.2, -0.15) is 0 Å². The predicted molar refractivity (Wildman–Crippen MR) is 96.5 cm³/mol. The van der Waals surface area contributed by atoms with Gasteiger partial charge >= 0.3 is 6.03 Å². The lowest BCUT2D eigenvalue weighted by Gasteiger charge is -2.38. The van der Waals surface area contributed by atoms with E-state index < -0.39 is 0 Å². The monoisotopic (exact) mass is 324 g/mol. The molecular weight excluding hydrogens is 300 g/mol. The van der Waals surface area contributed by atoms with Gasteiger partial charge in [0.05, 0.1) is 11.6 Å². The normalized spacial score (nSPS) is 21.4. The van der Waals surface area contributed by atoms with Crippen LogP contribution >= 0.6 is 0 Å². The predicted octanol–water partition coefficient (Wildman–Crippen LogP) is 2.79. The van der Waals surface area contributed by atoms with Crippen molar-refractivity contribution in [2.24, 2.45) is 0 Å². The molecule has 1 aromatic heterocycles. The average molecular weight is 324 g/mol. The number of amides is 2. The molecule has 0 aliphatic carbocycles. The molecule has 0 bridgehead atoms. The number of carbonyl (C=O) groups is 1. The van der Waals surface area contributed by atoms with E-state index in [0.717, 1.165) is 56.7 Å². The minimum absolute atomic E-state index is 0.0932. The number of nitrogens with zero attached hydrogens (tertiary/aromatic N) is 3. The Hall–Kier alpha value is -2.30. The van der Waals surface area contributed by atoms with E-state index in [1.54, 1.807) is 0 Å². The van der Waals surface area contributed by atoms with Gasteiger partial charge in [-0.05, 0) is 31.4 Å². The Morgan fingerprint density at radius 3 is 2.96 bits per heavy atom. The zero-order valence-corrected chi connectivity index (χ0v) is 14.2. The van der Waals surface area contributed by atoms with Crippen molar-refractivity contribution >= 4 is 22.6 Å². The Kier molecular flexibility index (Phi) is 4.00. The number of piperidine rings is 1. The Morgan fingerprint density at radius 2 is 2.17 bits per heavy atom. The number of nitrogens with one attached hydrogen (secondary N) is 1. The van der Waals surface area contributed by atoms with Gasteiger partial charge in [-0.3, -0.25) is 4.98 Å². The number of pyridine rings is 1. The average Bonchev–Trinajstić information content (AvgIpc) is 3.07. The van der Waals surface area contributed by atoms with Crippen molar-refractivity contribution in [2.45, 2.75) is 32.2 Å². The minimum atomic E-state index is 0.0932. The number of benzene rings is 1. The second-order valence-electron chi connectivity index (χ2n) is 6.67. The van der Waals surface area contributed by atoms with Gasteiger partial charge in [0.25, 0.3) is 0 Å². The smallest absolute Gasteiger partial charge is 0.317 e. The molecule has 2 fully saturated rings. The Labute approximate surface area is 142 Å². The molecule has 24 heavy (non-hydrogen) atoms. The molecule has 1 unspecified atom stereocenters. The molecule has 1 N–H and O–H groups in total. The van der Waals surface area contributed by atoms with Crippen LogP contribution in [0.15, 0.2) is 30.3 Å². The second-order valence-corrected chi connectivity index (χ2v) is 6.67. The maximum absolute atomic E-state index is 12.0. The standard InChI is InChI=1S/C19H24N4O/c1-2-14-12-18(16-7-3-4-8-17(16)21-14)22-10-5-6-15(13-22)23-11-9-20-19(23)24/h3-4,7-8,12,15H,2,5-6,9-11,13H2,1H3,(H,20,24). The van der Waals surface area contributed by atoms with Crippen LogP contribution in [0.25, 0.3) is 10.9 Å². The molecule has 1 atom stereocenters. The van der Waals surface area contributed by atoms with Crippen molar-refractivity contribution in [1.82, 2.24) is 15.2 Å². The first kappa shape index (κ1) is 15.2. The molecule has 4 rings (SSSR count). The van der Waals surface area contributed by atoms with Gasteiger partial charge in [0.15, 0.2) is 0 Å². The topological polar surface area (TPSA) is 48.5 Å². The molecule has 2 amide bonds. The summed E-state index contributed by atoms with van der Waals surface area (Å²) in [6, 6.07) is 11.0. The summed E-state index contributed by atoms with van der Waals surface area (Å²) in [6.45, 7) is 5.70. The maximum atomic E-state index is 12.0. The lowest BCUT2D eigenvalue weighted by Crippen LogP contribution is -2.49. The minimum Gasteiger partial charge on any atom is -0.369 e. The van der Waals surface area contributed by atoms with E-state index in [-0.39, 0.29) is 6.03 Å². The van der Waals surface area contributed by atoms with Crippen LogP contribution in [0.3, 0.4) is 0 Å². The second kappa shape index (κ2) is 6.30. The van der Waals surface area contributed by atoms with Crippen LogP contribution in [0, 0.1) is 0 Å². The third-order valence-corrected chi connectivity index (χ3v) is 5.18. The fourth-order valence-electron chi connectivity index (χ4n) is 3.92. The van der Waals surface area contributed by atoms with E-state index in [2.05, 4.69) is 41.4 Å². The first-order chi connectivity index (χ1) is 11.8. The van der Waals surface area contributed by atoms with Gasteiger partial charge in [-0.25, -0.2) is 4.79 Å². The summed E-state index contributed by atoms with van der Waals surface area (Å²) in [6.07, 6.45) is 3.14. The van der Waals surface area contributed by atoms with Crippen LogP contribution in [0.5, 0.6) is 0 Å². The molecule has 5 heteroatoms. The number of hydrogen-bond acceptors (Lipinski definition) is 3. The molecular formula is C19H24N4O. The molecule has 1 aromatic carbocycles. The highest BCUT2D eigenvalue weighted by molar-refractivity contribution is 5.92. The lowest BCUT2D eigenvalue weighted by molar-refractivity contribution is 0.189. The quantitative estimate of drug-likeness (QED) is 0.944. The number of aryl methyl sites for hydroxylation is 1. The van der Waals surface area contributed by atoms with E-state index in [1.807, 2.05) is 11.0 Å². The highest BCUT2D eigenvalue weighted by Crippen LogP contribution is 2.30. The molecule has 2 aliphatic heterocycles. The van der Waals surface area contributed by atoms with E-state index in [0.29, 0.717) is 6.04 Å². The Bertz CT molecular complexity index is 760. The zero-order valence-electron chi connectivity index (χ0n) is 14.2. The number of hydrogen-bond donors (Lipinski definition) is 1. The summed E-state index contributed by atoms with van der Waals surface area (Å²) in [5.74, 6) is 0. The van der Waals surface area contributed by atoms with Gasteiger partial charge in [0, 0.05) is 42.9 Å². The van der Waals surface area contributed by atoms with Gasteiger partial charge in [0.2, 0.25) is 0 Å². The van der Waals surface area contributed by atoms with Crippen LogP contribution in [-0.2, 0) is 6.42 Å². The number of rotatable bonds is 3. The maximum Gasteiger partial charge on any atom is 0.317 e. The fourth-order valence-corrected chi connectivity index (χ4v) is 3.92. The molecule has 2 aromatic rings. The van der Waals surface area contributed by atoms with E-state index in [9.17, 15) is 4.79 Å². The highest BCUT2D eigenvalue weighted by atomic mass is 16.2. The first-order valence-electron chi connectivity index (χ1n) is 8.94. The number of carbonyl (C=O) groups excluding carboxylic acids is 1. The fraction of sp³-hybridized carbons (Fsp3) is 0.474. The third-order valence-electron chi connectivity index (χ3n) is 5.18. The summed E-state index contributed by atoms with van der Waals surface area (Å²) in [7, 11) is 0. The van der Waals surface area contributed by atoms with Crippen LogP contribution < -0.4 is 10.2 Å². The highest BCUT2D eigenvalue weighted by Gasteiger charge is 2.31. The van der Waals surface area contributed by atoms with Gasteiger partial charge in [0.1, 0.15) is 0 Å². The number of urea groups is 1. The van der Waals surface area contributed by atoms with Crippen LogP contribution in [-0.4, -0.2) is 48.1 Å². The van der Waals surface area contributed by atoms with Crippen LogP contribution in [0.1, 0.15) is 25.5 Å². The number of aromatic nitrogens is 1. The molecule has 0 saturated carbocycles. The van der Waals surface area contributed by atoms with Crippen molar-refractivity contribution in [1.29, 1.82) is 0 Å². The molecule has 2 saturated heterocycles. The molecule has 0 spiro atoms. The Balaban J connectivity index is 1.67. The van der Waals surface area contributed by atoms with Crippen molar-refractivity contribution in [3.8, 4) is 0 Å². The third kappa shape index (κ3) is 2.68. The van der Waals surface area contributed by atoms with Gasteiger partial charge in [-0.1, -0.05) is 25.1 Å². The summed E-state index contributed by atoms with van der Waals surface area (Å²) >= 11 is 0. The van der Waals surface area contributed by atoms with Crippen molar-refractivity contribution in [3.05, 3.63) is 36.0 Å². The molecule has 3 heterocycles. The summed E-state index contributed by atoms with van der Waals surface area (Å²) < 4.78 is 0. The zero-order chi connectivity index (χ0) is 16.5. The van der Waals surface area contributed by atoms with Crippen molar-refractivity contribution < 1.29 is 4.79 Å². The molecule has 2 aliphatic rings. The molecule has 0 radical (unpaired) electrons. The summed E-state index contributed by atoms with van der Waals surface area (Å²) in [5.41, 5.74) is 3.46. The van der Waals surface area contributed by atoms with E-state index in [1.165, 1.54) is 11.1 Å². The van der Waals surface area contributed by atoms with Gasteiger partial charge < -0.3 is 15.1 Å². The first-order valence-corrected chi connectivity index (χ1v) is 8.94. The lowest BCUT2D eigenvalue weighted by atomic mass is 10.0. The largest absolute Gasteiger partial charge is 0.369 e. The van der Waals surface area contributed by atoms with E-state index in [4.69, 9.17) is 4.98 Å². The van der Waals surface area contributed by atoms with E-state index >= 15 is 0 Å². The molecule has 126 valence electrons. The summed E-state index contributed by atoms with van der Waals surface area (Å²) in [4.78, 5) is 21.2. The SMILES string of the molecule is CCc1cc(N2CCCC(N3CCNC3=O)C2)c2ccccc2n1. The Morgan fingerprint density at radius 1 is 1.29 bits per heavy atom. The number of para-hydroxylation sites is 1. The van der Waals surface area contributed by atoms with Crippen LogP contribution in [0.4, 0.5) is 10.5 Å². The van der Waals surface area contributed by atoms with Crippen molar-refractivity contribution in [2.75, 3.05) is 31.1 Å². The van der Waals surface area contributed by atoms with Gasteiger partial charge in [-0.15, -0.1) is 0 Å². The molecule has 5 nitrogen and oxygen atoms in total. The summed E-state index contributed by atoms with van der Waals surface area (Å²) in [5, 5.41) is 4.14. The van der Waals surface area contributed by atoms with Crippen LogP contribution in [0.2, 0.25) is 0 Å². The van der Waals surface area contributed by atoms with Crippen molar-refractivity contribution in [3.63, 3.8) is 0 Å².